The minimum atomic E-state index is -0.617. The van der Waals surface area contributed by atoms with Gasteiger partial charge in [-0.05, 0) is 31.5 Å². The van der Waals surface area contributed by atoms with Gasteiger partial charge in [0, 0.05) is 11.8 Å². The van der Waals surface area contributed by atoms with Crippen LogP contribution in [0.5, 0.6) is 0 Å². The fraction of sp³-hybridized carbons (Fsp3) is 0.200. The van der Waals surface area contributed by atoms with Crippen molar-refractivity contribution >= 4 is 17.6 Å². The maximum atomic E-state index is 13.3. The molecule has 0 aromatic heterocycles. The molecule has 106 valence electrons. The van der Waals surface area contributed by atoms with Gasteiger partial charge in [0.1, 0.15) is 5.82 Å². The van der Waals surface area contributed by atoms with E-state index in [0.29, 0.717) is 11.3 Å². The summed E-state index contributed by atoms with van der Waals surface area (Å²) in [6.07, 6.45) is 6.13. The van der Waals surface area contributed by atoms with Crippen LogP contribution >= 0.6 is 0 Å². The third-order valence-electron chi connectivity index (χ3n) is 2.34. The number of nitrogens with one attached hydrogen (secondary N) is 1. The van der Waals surface area contributed by atoms with Gasteiger partial charge in [-0.15, -0.1) is 0 Å². The average molecular weight is 277 g/mol. The predicted octanol–water partition coefficient (Wildman–Crippen LogP) is 2.75. The van der Waals surface area contributed by atoms with Gasteiger partial charge in [-0.2, -0.15) is 0 Å². The highest BCUT2D eigenvalue weighted by atomic mass is 19.1. The Labute approximate surface area is 116 Å². The number of amides is 1. The molecule has 1 rings (SSSR count). The van der Waals surface area contributed by atoms with Crippen LogP contribution in [0.2, 0.25) is 0 Å². The van der Waals surface area contributed by atoms with E-state index in [2.05, 4.69) is 5.32 Å². The van der Waals surface area contributed by atoms with Crippen molar-refractivity contribution in [2.75, 3.05) is 11.9 Å². The van der Waals surface area contributed by atoms with Crippen molar-refractivity contribution < 1.29 is 18.7 Å². The third kappa shape index (κ3) is 5.48. The first kappa shape index (κ1) is 15.6. The Hall–Kier alpha value is -2.43. The molecule has 5 heteroatoms. The number of aryl methyl sites for hydroxylation is 1. The Kier molecular flexibility index (Phi) is 6.16. The summed E-state index contributed by atoms with van der Waals surface area (Å²) in [4.78, 5) is 22.7. The van der Waals surface area contributed by atoms with Crippen LogP contribution in [0.4, 0.5) is 10.1 Å². The summed E-state index contributed by atoms with van der Waals surface area (Å²) in [7, 11) is 0. The van der Waals surface area contributed by atoms with E-state index in [1.165, 1.54) is 18.2 Å². The van der Waals surface area contributed by atoms with Crippen LogP contribution in [0.1, 0.15) is 12.5 Å². The number of hydrogen-bond donors (Lipinski definition) is 1. The lowest BCUT2D eigenvalue weighted by Crippen LogP contribution is -2.20. The highest BCUT2D eigenvalue weighted by Gasteiger charge is 2.06. The van der Waals surface area contributed by atoms with Gasteiger partial charge in [-0.1, -0.05) is 24.3 Å². The topological polar surface area (TPSA) is 55.4 Å². The second kappa shape index (κ2) is 7.89. The first-order valence-electron chi connectivity index (χ1n) is 6.05. The van der Waals surface area contributed by atoms with E-state index in [0.717, 1.165) is 0 Å². The van der Waals surface area contributed by atoms with Crippen LogP contribution in [0.15, 0.2) is 42.5 Å². The molecule has 1 amide bonds. The zero-order chi connectivity index (χ0) is 15.0. The number of benzene rings is 1. The smallest absolute Gasteiger partial charge is 0.331 e. The monoisotopic (exact) mass is 277 g/mol. The molecule has 1 aromatic carbocycles. The minimum absolute atomic E-state index is 0.318. The van der Waals surface area contributed by atoms with Crippen LogP contribution in [-0.4, -0.2) is 18.5 Å². The quantitative estimate of drug-likeness (QED) is 0.511. The number of esters is 1. The standard InChI is InChI=1S/C15H16FNO3/c1-3-4-5-6-15(19)20-10-14(18)17-12-8-7-11(2)13(16)9-12/h3-9H,10H2,1-2H3,(H,17,18)/b4-3+,6-5+. The number of ether oxygens (including phenoxy) is 1. The summed E-state index contributed by atoms with van der Waals surface area (Å²) in [6.45, 7) is 3.01. The normalized spacial score (nSPS) is 10.9. The van der Waals surface area contributed by atoms with E-state index in [1.807, 2.05) is 6.92 Å². The van der Waals surface area contributed by atoms with Gasteiger partial charge in [-0.25, -0.2) is 9.18 Å². The molecule has 4 nitrogen and oxygen atoms in total. The lowest BCUT2D eigenvalue weighted by molar-refractivity contribution is -0.142. The molecule has 0 saturated heterocycles. The number of carbonyl (C=O) groups is 2. The zero-order valence-electron chi connectivity index (χ0n) is 11.4. The fourth-order valence-corrected chi connectivity index (χ4v) is 1.30. The molecule has 0 atom stereocenters. The maximum Gasteiger partial charge on any atom is 0.331 e. The molecule has 0 heterocycles. The molecule has 1 N–H and O–H groups in total. The largest absolute Gasteiger partial charge is 0.452 e. The van der Waals surface area contributed by atoms with Gasteiger partial charge in [0.15, 0.2) is 6.61 Å². The van der Waals surface area contributed by atoms with E-state index in [4.69, 9.17) is 4.74 Å². The summed E-state index contributed by atoms with van der Waals surface area (Å²) in [5.41, 5.74) is 0.808. The van der Waals surface area contributed by atoms with Gasteiger partial charge in [-0.3, -0.25) is 4.79 Å². The van der Waals surface area contributed by atoms with Crippen LogP contribution in [0, 0.1) is 12.7 Å². The van der Waals surface area contributed by atoms with Gasteiger partial charge in [0.2, 0.25) is 0 Å². The van der Waals surface area contributed by atoms with Crippen molar-refractivity contribution in [3.05, 3.63) is 53.9 Å². The SMILES string of the molecule is C/C=C/C=C/C(=O)OCC(=O)Nc1ccc(C)c(F)c1. The number of halogens is 1. The zero-order valence-corrected chi connectivity index (χ0v) is 11.4. The van der Waals surface area contributed by atoms with Crippen LogP contribution < -0.4 is 5.32 Å². The fourth-order valence-electron chi connectivity index (χ4n) is 1.30. The molecular formula is C15H16FNO3. The van der Waals surface area contributed by atoms with Crippen molar-refractivity contribution in [3.63, 3.8) is 0 Å². The van der Waals surface area contributed by atoms with Gasteiger partial charge in [0.25, 0.3) is 5.91 Å². The molecule has 0 unspecified atom stereocenters. The Morgan fingerprint density at radius 2 is 2.10 bits per heavy atom. The van der Waals surface area contributed by atoms with Gasteiger partial charge in [0.05, 0.1) is 0 Å². The van der Waals surface area contributed by atoms with E-state index in [9.17, 15) is 14.0 Å². The van der Waals surface area contributed by atoms with Crippen LogP contribution in [0.3, 0.4) is 0 Å². The molecule has 0 aliphatic rings. The number of hydrogen-bond acceptors (Lipinski definition) is 3. The van der Waals surface area contributed by atoms with Crippen molar-refractivity contribution in [1.82, 2.24) is 0 Å². The van der Waals surface area contributed by atoms with Crippen LogP contribution in [-0.2, 0) is 14.3 Å². The number of rotatable bonds is 5. The summed E-state index contributed by atoms with van der Waals surface area (Å²) in [5, 5.41) is 2.44. The first-order chi connectivity index (χ1) is 9.52. The molecule has 0 fully saturated rings. The molecular weight excluding hydrogens is 261 g/mol. The average Bonchev–Trinajstić information content (AvgIpc) is 2.41. The Morgan fingerprint density at radius 1 is 1.35 bits per heavy atom. The lowest BCUT2D eigenvalue weighted by Gasteiger charge is -2.06. The molecule has 0 spiro atoms. The summed E-state index contributed by atoms with van der Waals surface area (Å²) in [6, 6.07) is 4.34. The highest BCUT2D eigenvalue weighted by molar-refractivity contribution is 5.93. The first-order valence-corrected chi connectivity index (χ1v) is 6.05. The predicted molar refractivity (Wildman–Crippen MR) is 74.7 cm³/mol. The molecule has 1 aromatic rings. The molecule has 0 aliphatic carbocycles. The number of allylic oxidation sites excluding steroid dienone is 3. The second-order valence-electron chi connectivity index (χ2n) is 4.00. The molecule has 0 saturated carbocycles. The summed E-state index contributed by atoms with van der Waals surface area (Å²) in [5.74, 6) is -1.55. The minimum Gasteiger partial charge on any atom is -0.452 e. The van der Waals surface area contributed by atoms with Crippen LogP contribution in [0.25, 0.3) is 0 Å². The Balaban J connectivity index is 2.44. The molecule has 20 heavy (non-hydrogen) atoms. The van der Waals surface area contributed by atoms with Crippen molar-refractivity contribution in [2.45, 2.75) is 13.8 Å². The lowest BCUT2D eigenvalue weighted by atomic mass is 10.2. The number of anilines is 1. The van der Waals surface area contributed by atoms with E-state index in [-0.39, 0.29) is 0 Å². The van der Waals surface area contributed by atoms with Crippen molar-refractivity contribution in [2.24, 2.45) is 0 Å². The van der Waals surface area contributed by atoms with E-state index in [1.54, 1.807) is 31.2 Å². The Morgan fingerprint density at radius 3 is 2.75 bits per heavy atom. The maximum absolute atomic E-state index is 13.3. The van der Waals surface area contributed by atoms with Crippen molar-refractivity contribution in [3.8, 4) is 0 Å². The number of carbonyl (C=O) groups excluding carboxylic acids is 2. The Bertz CT molecular complexity index is 550. The molecule has 0 bridgehead atoms. The van der Waals surface area contributed by atoms with E-state index < -0.39 is 24.3 Å². The summed E-state index contributed by atoms with van der Waals surface area (Å²) >= 11 is 0. The molecule has 0 radical (unpaired) electrons. The second-order valence-corrected chi connectivity index (χ2v) is 4.00. The van der Waals surface area contributed by atoms with Gasteiger partial charge < -0.3 is 10.1 Å². The third-order valence-corrected chi connectivity index (χ3v) is 2.34. The van der Waals surface area contributed by atoms with E-state index >= 15 is 0 Å². The van der Waals surface area contributed by atoms with Gasteiger partial charge >= 0.3 is 5.97 Å². The molecule has 0 aliphatic heterocycles. The highest BCUT2D eigenvalue weighted by Crippen LogP contribution is 2.13. The summed E-state index contributed by atoms with van der Waals surface area (Å²) < 4.78 is 18.0. The van der Waals surface area contributed by atoms with Crippen molar-refractivity contribution in [1.29, 1.82) is 0 Å².